The molecule has 0 heterocycles. The van der Waals surface area contributed by atoms with Crippen molar-refractivity contribution >= 4 is 5.97 Å². The van der Waals surface area contributed by atoms with Crippen LogP contribution >= 0.6 is 0 Å². The molecule has 11 heteroatoms. The maximum atomic E-state index is 11.2. The van der Waals surface area contributed by atoms with Crippen molar-refractivity contribution in [3.8, 4) is 0 Å². The van der Waals surface area contributed by atoms with Crippen LogP contribution in [0.2, 0.25) is 0 Å². The van der Waals surface area contributed by atoms with E-state index in [2.05, 4.69) is 36.4 Å². The summed E-state index contributed by atoms with van der Waals surface area (Å²) in [7, 11) is 0. The lowest BCUT2D eigenvalue weighted by Crippen LogP contribution is -2.34. The molecule has 0 aliphatic rings. The monoisotopic (exact) mass is 726 g/mol. The standard InChI is InChI=1S/C41H58O11/c1-2-12-40(42)51-35-33-49-31-29-47-27-25-45-23-21-43-19-20-44-22-24-46-26-28-48-30-32-50-34-36-52-41(37-13-6-3-7-14-37,38-15-8-4-9-16-38)39-17-10-5-11-18-39/h3-11,13-18H,2,12,19-36H2,1H3. The van der Waals surface area contributed by atoms with E-state index >= 15 is 0 Å². The van der Waals surface area contributed by atoms with E-state index in [4.69, 9.17) is 47.4 Å². The minimum atomic E-state index is -0.753. The third kappa shape index (κ3) is 18.0. The Morgan fingerprint density at radius 1 is 0.404 bits per heavy atom. The molecule has 0 bridgehead atoms. The Morgan fingerprint density at radius 2 is 0.673 bits per heavy atom. The molecule has 11 nitrogen and oxygen atoms in total. The molecule has 0 saturated carbocycles. The van der Waals surface area contributed by atoms with Crippen molar-refractivity contribution in [3.05, 3.63) is 108 Å². The number of hydrogen-bond donors (Lipinski definition) is 0. The summed E-state index contributed by atoms with van der Waals surface area (Å²) in [5, 5.41) is 0. The first-order valence-corrected chi connectivity index (χ1v) is 18.4. The SMILES string of the molecule is CCCC(=O)OCCOCCOCCOCCOCCOCCOCCOCCOCCOC(c1ccccc1)(c1ccccc1)c1ccccc1. The van der Waals surface area contributed by atoms with Gasteiger partial charge in [0.25, 0.3) is 0 Å². The number of rotatable bonds is 33. The fraction of sp³-hybridized carbons (Fsp3) is 0.537. The highest BCUT2D eigenvalue weighted by Gasteiger charge is 2.37. The van der Waals surface area contributed by atoms with Crippen molar-refractivity contribution in [3.63, 3.8) is 0 Å². The largest absolute Gasteiger partial charge is 0.463 e. The Labute approximate surface area is 309 Å². The molecule has 0 unspecified atom stereocenters. The lowest BCUT2D eigenvalue weighted by atomic mass is 9.80. The van der Waals surface area contributed by atoms with Gasteiger partial charge in [0.2, 0.25) is 0 Å². The second-order valence-corrected chi connectivity index (χ2v) is 11.5. The van der Waals surface area contributed by atoms with E-state index in [-0.39, 0.29) is 12.6 Å². The van der Waals surface area contributed by atoms with Gasteiger partial charge in [-0.2, -0.15) is 0 Å². The molecule has 0 fully saturated rings. The highest BCUT2D eigenvalue weighted by atomic mass is 16.6. The van der Waals surface area contributed by atoms with Gasteiger partial charge in [-0.15, -0.1) is 0 Å². The van der Waals surface area contributed by atoms with Gasteiger partial charge in [-0.25, -0.2) is 0 Å². The number of carbonyl (C=O) groups is 1. The maximum Gasteiger partial charge on any atom is 0.305 e. The van der Waals surface area contributed by atoms with Gasteiger partial charge < -0.3 is 47.4 Å². The summed E-state index contributed by atoms with van der Waals surface area (Å²) >= 11 is 0. The van der Waals surface area contributed by atoms with Crippen LogP contribution in [-0.2, 0) is 57.8 Å². The van der Waals surface area contributed by atoms with Gasteiger partial charge in [0, 0.05) is 6.42 Å². The van der Waals surface area contributed by atoms with Gasteiger partial charge in [0.15, 0.2) is 0 Å². The van der Waals surface area contributed by atoms with Crippen molar-refractivity contribution in [1.82, 2.24) is 0 Å². The smallest absolute Gasteiger partial charge is 0.305 e. The van der Waals surface area contributed by atoms with Crippen LogP contribution in [0.25, 0.3) is 0 Å². The van der Waals surface area contributed by atoms with Gasteiger partial charge in [0.05, 0.1) is 112 Å². The van der Waals surface area contributed by atoms with E-state index in [1.165, 1.54) is 0 Å². The zero-order chi connectivity index (χ0) is 36.6. The molecule has 0 aromatic heterocycles. The van der Waals surface area contributed by atoms with Gasteiger partial charge in [-0.1, -0.05) is 97.9 Å². The van der Waals surface area contributed by atoms with Crippen LogP contribution < -0.4 is 0 Å². The minimum absolute atomic E-state index is 0.189. The quantitative estimate of drug-likeness (QED) is 0.0453. The molecule has 0 radical (unpaired) electrons. The zero-order valence-corrected chi connectivity index (χ0v) is 30.8. The molecule has 0 aliphatic heterocycles. The lowest BCUT2D eigenvalue weighted by molar-refractivity contribution is -0.145. The van der Waals surface area contributed by atoms with Crippen molar-refractivity contribution in [1.29, 1.82) is 0 Å². The van der Waals surface area contributed by atoms with Gasteiger partial charge in [-0.05, 0) is 23.1 Å². The summed E-state index contributed by atoms with van der Waals surface area (Å²) in [5.41, 5.74) is 2.44. The van der Waals surface area contributed by atoms with Crippen molar-refractivity contribution in [2.75, 3.05) is 119 Å². The predicted molar refractivity (Wildman–Crippen MR) is 198 cm³/mol. The molecule has 52 heavy (non-hydrogen) atoms. The zero-order valence-electron chi connectivity index (χ0n) is 30.8. The molecule has 3 aromatic carbocycles. The average molecular weight is 727 g/mol. The van der Waals surface area contributed by atoms with E-state index < -0.39 is 5.60 Å². The van der Waals surface area contributed by atoms with E-state index in [0.29, 0.717) is 119 Å². The Balaban J connectivity index is 1.09. The molecule has 288 valence electrons. The summed E-state index contributed by atoms with van der Waals surface area (Å²) in [6.45, 7) is 10.2. The molecule has 3 aromatic rings. The second-order valence-electron chi connectivity index (χ2n) is 11.5. The first-order valence-electron chi connectivity index (χ1n) is 18.4. The number of hydrogen-bond acceptors (Lipinski definition) is 11. The fourth-order valence-corrected chi connectivity index (χ4v) is 5.15. The van der Waals surface area contributed by atoms with E-state index in [1.54, 1.807) is 0 Å². The molecular weight excluding hydrogens is 668 g/mol. The van der Waals surface area contributed by atoms with E-state index in [0.717, 1.165) is 23.1 Å². The molecule has 0 aliphatic carbocycles. The van der Waals surface area contributed by atoms with Crippen LogP contribution in [0.3, 0.4) is 0 Å². The minimum Gasteiger partial charge on any atom is -0.463 e. The highest BCUT2D eigenvalue weighted by molar-refractivity contribution is 5.69. The van der Waals surface area contributed by atoms with Crippen LogP contribution in [0.1, 0.15) is 36.5 Å². The number of benzene rings is 3. The average Bonchev–Trinajstić information content (AvgIpc) is 3.18. The summed E-state index contributed by atoms with van der Waals surface area (Å²) < 4.78 is 56.1. The molecule has 0 saturated heterocycles. The first kappa shape index (κ1) is 43.2. The Hall–Kier alpha value is -3.23. The summed E-state index contributed by atoms with van der Waals surface area (Å²) in [6, 6.07) is 31.0. The predicted octanol–water partition coefficient (Wildman–Crippen LogP) is 5.47. The summed E-state index contributed by atoms with van der Waals surface area (Å²) in [5.74, 6) is -0.189. The van der Waals surface area contributed by atoms with Crippen LogP contribution in [0.4, 0.5) is 0 Å². The topological polar surface area (TPSA) is 109 Å². The van der Waals surface area contributed by atoms with E-state index in [9.17, 15) is 4.79 Å². The van der Waals surface area contributed by atoms with Crippen LogP contribution in [0, 0.1) is 0 Å². The van der Waals surface area contributed by atoms with Gasteiger partial charge in [-0.3, -0.25) is 4.79 Å². The van der Waals surface area contributed by atoms with Crippen molar-refractivity contribution in [2.45, 2.75) is 25.4 Å². The molecular formula is C41H58O11. The van der Waals surface area contributed by atoms with Gasteiger partial charge in [0.1, 0.15) is 12.2 Å². The molecule has 0 N–H and O–H groups in total. The number of esters is 1. The maximum absolute atomic E-state index is 11.2. The highest BCUT2D eigenvalue weighted by Crippen LogP contribution is 2.40. The van der Waals surface area contributed by atoms with Crippen LogP contribution in [0.15, 0.2) is 91.0 Å². The lowest BCUT2D eigenvalue weighted by Gasteiger charge is -2.36. The van der Waals surface area contributed by atoms with Crippen LogP contribution in [-0.4, -0.2) is 125 Å². The molecule has 0 amide bonds. The summed E-state index contributed by atoms with van der Waals surface area (Å²) in [4.78, 5) is 11.2. The fourth-order valence-electron chi connectivity index (χ4n) is 5.15. The van der Waals surface area contributed by atoms with Crippen molar-refractivity contribution in [2.24, 2.45) is 0 Å². The number of ether oxygens (including phenoxy) is 10. The van der Waals surface area contributed by atoms with Crippen molar-refractivity contribution < 1.29 is 52.2 Å². The van der Waals surface area contributed by atoms with E-state index in [1.807, 2.05) is 61.5 Å². The normalized spacial score (nSPS) is 11.6. The molecule has 3 rings (SSSR count). The Bertz CT molecular complexity index is 1150. The molecule has 0 atom stereocenters. The third-order valence-corrected chi connectivity index (χ3v) is 7.64. The Morgan fingerprint density at radius 3 is 0.962 bits per heavy atom. The Kier molecular flexibility index (Phi) is 24.3. The number of carbonyl (C=O) groups excluding carboxylic acids is 1. The first-order chi connectivity index (χ1) is 25.8. The molecule has 0 spiro atoms. The third-order valence-electron chi connectivity index (χ3n) is 7.64. The second kappa shape index (κ2) is 29.2. The van der Waals surface area contributed by atoms with Crippen LogP contribution in [0.5, 0.6) is 0 Å². The summed E-state index contributed by atoms with van der Waals surface area (Å²) in [6.07, 6.45) is 1.22. The van der Waals surface area contributed by atoms with Gasteiger partial charge >= 0.3 is 5.97 Å².